The van der Waals surface area contributed by atoms with E-state index in [0.717, 1.165) is 35.9 Å². The average Bonchev–Trinajstić information content (AvgIpc) is 3.05. The number of nitrogens with one attached hydrogen (secondary N) is 1. The summed E-state index contributed by atoms with van der Waals surface area (Å²) in [7, 11) is 0. The molecule has 1 aliphatic heterocycles. The number of nitrogens with zero attached hydrogens (tertiary/aromatic N) is 2. The number of H-pyrrole nitrogens is 1. The van der Waals surface area contributed by atoms with E-state index in [9.17, 15) is 0 Å². The number of imidazole rings is 1. The van der Waals surface area contributed by atoms with Gasteiger partial charge in [0.25, 0.3) is 0 Å². The van der Waals surface area contributed by atoms with Crippen LogP contribution in [0.1, 0.15) is 24.2 Å². The van der Waals surface area contributed by atoms with Crippen molar-refractivity contribution < 1.29 is 0 Å². The minimum absolute atomic E-state index is 0.453. The molecule has 0 aliphatic carbocycles. The number of fused-ring (bicyclic) bond motifs is 1. The highest BCUT2D eigenvalue weighted by molar-refractivity contribution is 5.79. The summed E-state index contributed by atoms with van der Waals surface area (Å²) in [6.45, 7) is 2.71. The first-order chi connectivity index (χ1) is 11.8. The highest BCUT2D eigenvalue weighted by atomic mass is 15.1. The first kappa shape index (κ1) is 15.2. The Morgan fingerprint density at radius 3 is 2.62 bits per heavy atom. The summed E-state index contributed by atoms with van der Waals surface area (Å²) in [5.74, 6) is 1.65. The second-order valence-electron chi connectivity index (χ2n) is 6.71. The minimum atomic E-state index is 0.453. The lowest BCUT2D eigenvalue weighted by Crippen LogP contribution is -2.34. The third-order valence-electron chi connectivity index (χ3n) is 5.05. The van der Waals surface area contributed by atoms with Gasteiger partial charge >= 0.3 is 0 Å². The van der Waals surface area contributed by atoms with Crippen molar-refractivity contribution in [3.8, 4) is 0 Å². The molecule has 2 heterocycles. The first-order valence-corrected chi connectivity index (χ1v) is 8.79. The topological polar surface area (TPSA) is 57.9 Å². The molecule has 1 aliphatic rings. The number of hydrogen-bond donors (Lipinski definition) is 2. The predicted molar refractivity (Wildman–Crippen MR) is 99.1 cm³/mol. The summed E-state index contributed by atoms with van der Waals surface area (Å²) < 4.78 is 0. The van der Waals surface area contributed by atoms with Crippen LogP contribution in [0.5, 0.6) is 0 Å². The number of aromatic amines is 1. The standard InChI is InChI=1S/C20H24N4/c21-14-20-22-18-7-6-17(13-19(18)23-20)24-10-8-16(9-11-24)12-15-4-2-1-3-5-15/h1-7,13,16H,8-12,14,21H2,(H,22,23). The maximum atomic E-state index is 5.67. The molecule has 3 N–H and O–H groups in total. The van der Waals surface area contributed by atoms with Crippen molar-refractivity contribution in [3.63, 3.8) is 0 Å². The molecule has 2 aromatic carbocycles. The highest BCUT2D eigenvalue weighted by Gasteiger charge is 2.20. The zero-order chi connectivity index (χ0) is 16.4. The summed E-state index contributed by atoms with van der Waals surface area (Å²) in [5, 5.41) is 0. The molecule has 4 rings (SSSR count). The van der Waals surface area contributed by atoms with E-state index in [1.54, 1.807) is 0 Å². The quantitative estimate of drug-likeness (QED) is 0.774. The summed E-state index contributed by atoms with van der Waals surface area (Å²) in [6.07, 6.45) is 3.71. The van der Waals surface area contributed by atoms with E-state index in [-0.39, 0.29) is 0 Å². The van der Waals surface area contributed by atoms with Gasteiger partial charge in [-0.1, -0.05) is 30.3 Å². The third-order valence-corrected chi connectivity index (χ3v) is 5.05. The van der Waals surface area contributed by atoms with E-state index < -0.39 is 0 Å². The molecule has 3 aromatic rings. The van der Waals surface area contributed by atoms with Gasteiger partial charge in [0.15, 0.2) is 0 Å². The van der Waals surface area contributed by atoms with E-state index in [1.165, 1.54) is 30.5 Å². The lowest BCUT2D eigenvalue weighted by Gasteiger charge is -2.33. The Balaban J connectivity index is 1.42. The van der Waals surface area contributed by atoms with Gasteiger partial charge in [-0.05, 0) is 48.9 Å². The molecule has 0 unspecified atom stereocenters. The van der Waals surface area contributed by atoms with Gasteiger partial charge in [0.2, 0.25) is 0 Å². The van der Waals surface area contributed by atoms with Crippen LogP contribution in [0.15, 0.2) is 48.5 Å². The molecule has 4 heteroatoms. The first-order valence-electron chi connectivity index (χ1n) is 8.79. The van der Waals surface area contributed by atoms with Gasteiger partial charge in [-0.15, -0.1) is 0 Å². The summed E-state index contributed by atoms with van der Waals surface area (Å²) in [6, 6.07) is 17.3. The molecule has 1 aromatic heterocycles. The number of hydrogen-bond acceptors (Lipinski definition) is 3. The van der Waals surface area contributed by atoms with Gasteiger partial charge in [-0.25, -0.2) is 4.98 Å². The van der Waals surface area contributed by atoms with Crippen molar-refractivity contribution in [2.45, 2.75) is 25.8 Å². The molecule has 0 atom stereocenters. The molecular formula is C20H24N4. The average molecular weight is 320 g/mol. The third kappa shape index (κ3) is 3.15. The van der Waals surface area contributed by atoms with Gasteiger partial charge in [-0.3, -0.25) is 0 Å². The van der Waals surface area contributed by atoms with Crippen LogP contribution in [0.25, 0.3) is 11.0 Å². The second-order valence-corrected chi connectivity index (χ2v) is 6.71. The maximum absolute atomic E-state index is 5.67. The molecule has 0 amide bonds. The number of rotatable bonds is 4. The van der Waals surface area contributed by atoms with E-state index in [1.807, 2.05) is 0 Å². The molecular weight excluding hydrogens is 296 g/mol. The fraction of sp³-hybridized carbons (Fsp3) is 0.350. The summed E-state index contributed by atoms with van der Waals surface area (Å²) in [5.41, 5.74) is 10.5. The van der Waals surface area contributed by atoms with Crippen LogP contribution in [0.4, 0.5) is 5.69 Å². The maximum Gasteiger partial charge on any atom is 0.121 e. The zero-order valence-electron chi connectivity index (χ0n) is 13.9. The van der Waals surface area contributed by atoms with Crippen LogP contribution in [-0.4, -0.2) is 23.1 Å². The Kier molecular flexibility index (Phi) is 4.22. The van der Waals surface area contributed by atoms with Gasteiger partial charge in [-0.2, -0.15) is 0 Å². The molecule has 0 saturated carbocycles. The van der Waals surface area contributed by atoms with E-state index in [0.29, 0.717) is 6.54 Å². The molecule has 0 spiro atoms. The Labute approximate surface area is 142 Å². The summed E-state index contributed by atoms with van der Waals surface area (Å²) >= 11 is 0. The van der Waals surface area contributed by atoms with Crippen molar-refractivity contribution in [2.24, 2.45) is 11.7 Å². The Morgan fingerprint density at radius 1 is 1.08 bits per heavy atom. The molecule has 4 nitrogen and oxygen atoms in total. The van der Waals surface area contributed by atoms with Crippen LogP contribution >= 0.6 is 0 Å². The Hall–Kier alpha value is -2.33. The molecule has 0 bridgehead atoms. The number of nitrogens with two attached hydrogens (primary N) is 1. The normalized spacial score (nSPS) is 16.0. The van der Waals surface area contributed by atoms with Crippen molar-refractivity contribution in [2.75, 3.05) is 18.0 Å². The number of anilines is 1. The molecule has 0 radical (unpaired) electrons. The van der Waals surface area contributed by atoms with Crippen molar-refractivity contribution in [1.29, 1.82) is 0 Å². The van der Waals surface area contributed by atoms with Crippen LogP contribution < -0.4 is 10.6 Å². The lowest BCUT2D eigenvalue weighted by molar-refractivity contribution is 0.404. The number of piperidine rings is 1. The lowest BCUT2D eigenvalue weighted by atomic mass is 9.90. The van der Waals surface area contributed by atoms with Crippen LogP contribution in [0, 0.1) is 5.92 Å². The van der Waals surface area contributed by atoms with Crippen molar-refractivity contribution in [1.82, 2.24) is 9.97 Å². The van der Waals surface area contributed by atoms with Gasteiger partial charge in [0.1, 0.15) is 5.82 Å². The predicted octanol–water partition coefficient (Wildman–Crippen LogP) is 3.48. The number of aromatic nitrogens is 2. The van der Waals surface area contributed by atoms with E-state index in [2.05, 4.69) is 63.4 Å². The van der Waals surface area contributed by atoms with Gasteiger partial charge in [0.05, 0.1) is 17.6 Å². The van der Waals surface area contributed by atoms with Gasteiger partial charge in [0, 0.05) is 18.8 Å². The van der Waals surface area contributed by atoms with E-state index >= 15 is 0 Å². The van der Waals surface area contributed by atoms with Crippen molar-refractivity contribution >= 4 is 16.7 Å². The smallest absolute Gasteiger partial charge is 0.121 e. The fourth-order valence-electron chi connectivity index (χ4n) is 3.69. The molecule has 1 saturated heterocycles. The van der Waals surface area contributed by atoms with Crippen LogP contribution in [0.2, 0.25) is 0 Å². The molecule has 124 valence electrons. The number of benzene rings is 2. The van der Waals surface area contributed by atoms with Crippen LogP contribution in [0.3, 0.4) is 0 Å². The van der Waals surface area contributed by atoms with Gasteiger partial charge < -0.3 is 15.6 Å². The van der Waals surface area contributed by atoms with Crippen molar-refractivity contribution in [3.05, 3.63) is 59.9 Å². The largest absolute Gasteiger partial charge is 0.371 e. The Morgan fingerprint density at radius 2 is 1.88 bits per heavy atom. The SMILES string of the molecule is NCc1nc2ccc(N3CCC(Cc4ccccc4)CC3)cc2[nH]1. The van der Waals surface area contributed by atoms with Crippen LogP contribution in [-0.2, 0) is 13.0 Å². The fourth-order valence-corrected chi connectivity index (χ4v) is 3.69. The minimum Gasteiger partial charge on any atom is -0.371 e. The zero-order valence-corrected chi connectivity index (χ0v) is 13.9. The summed E-state index contributed by atoms with van der Waals surface area (Å²) in [4.78, 5) is 10.3. The van der Waals surface area contributed by atoms with E-state index in [4.69, 9.17) is 5.73 Å². The Bertz CT molecular complexity index is 801. The molecule has 1 fully saturated rings. The second kappa shape index (κ2) is 6.65. The highest BCUT2D eigenvalue weighted by Crippen LogP contribution is 2.27. The monoisotopic (exact) mass is 320 g/mol. The molecule has 24 heavy (non-hydrogen) atoms.